The lowest BCUT2D eigenvalue weighted by molar-refractivity contribution is 0.0850. The first kappa shape index (κ1) is 16.0. The molecule has 0 aliphatic heterocycles. The minimum atomic E-state index is -0.271. The van der Waals surface area contributed by atoms with E-state index in [0.717, 1.165) is 12.8 Å². The van der Waals surface area contributed by atoms with Gasteiger partial charge in [-0.2, -0.15) is 0 Å². The van der Waals surface area contributed by atoms with Gasteiger partial charge in [0.1, 0.15) is 5.75 Å². The molecule has 0 aliphatic rings. The van der Waals surface area contributed by atoms with Gasteiger partial charge < -0.3 is 15.5 Å². The number of benzene rings is 1. The molecule has 0 unspecified atom stereocenters. The largest absolute Gasteiger partial charge is 0.507 e. The van der Waals surface area contributed by atoms with Gasteiger partial charge in [0.05, 0.1) is 11.1 Å². The molecule has 19 heavy (non-hydrogen) atoms. The van der Waals surface area contributed by atoms with Crippen LogP contribution in [0.1, 0.15) is 37.0 Å². The van der Waals surface area contributed by atoms with Gasteiger partial charge in [-0.3, -0.25) is 4.79 Å². The van der Waals surface area contributed by atoms with Crippen LogP contribution in [0.4, 0.5) is 0 Å². The van der Waals surface area contributed by atoms with E-state index in [1.54, 1.807) is 12.1 Å². The quantitative estimate of drug-likeness (QED) is 0.751. The van der Waals surface area contributed by atoms with Crippen LogP contribution < -0.4 is 5.32 Å². The molecule has 1 rings (SSSR count). The van der Waals surface area contributed by atoms with Gasteiger partial charge in [-0.05, 0) is 47.0 Å². The molecular formula is C14H20BrNO3. The third kappa shape index (κ3) is 3.94. The molecule has 1 aromatic rings. The average molecular weight is 330 g/mol. The van der Waals surface area contributed by atoms with Gasteiger partial charge in [0, 0.05) is 17.5 Å². The Hall–Kier alpha value is -1.07. The van der Waals surface area contributed by atoms with Crippen LogP contribution in [-0.2, 0) is 0 Å². The highest BCUT2D eigenvalue weighted by Crippen LogP contribution is 2.26. The van der Waals surface area contributed by atoms with Crippen LogP contribution in [0.25, 0.3) is 0 Å². The molecule has 0 aliphatic carbocycles. The number of aromatic hydroxyl groups is 1. The highest BCUT2D eigenvalue weighted by molar-refractivity contribution is 9.10. The van der Waals surface area contributed by atoms with Crippen molar-refractivity contribution in [3.05, 3.63) is 28.2 Å². The standard InChI is InChI=1S/C14H20BrNO3/c1-3-14(4-2,9-17)8-16-13(19)10-5-6-11(15)12(18)7-10/h5-7,17-18H,3-4,8-9H2,1-2H3,(H,16,19). The maximum absolute atomic E-state index is 12.0. The van der Waals surface area contributed by atoms with E-state index in [2.05, 4.69) is 21.2 Å². The number of halogens is 1. The molecule has 0 atom stereocenters. The van der Waals surface area contributed by atoms with Crippen molar-refractivity contribution in [2.75, 3.05) is 13.2 Å². The number of amides is 1. The van der Waals surface area contributed by atoms with Gasteiger partial charge in [0.2, 0.25) is 0 Å². The van der Waals surface area contributed by atoms with Crippen molar-refractivity contribution in [3.8, 4) is 5.75 Å². The summed E-state index contributed by atoms with van der Waals surface area (Å²) < 4.78 is 0.552. The molecule has 0 saturated heterocycles. The van der Waals surface area contributed by atoms with E-state index in [0.29, 0.717) is 16.6 Å². The van der Waals surface area contributed by atoms with Crippen molar-refractivity contribution < 1.29 is 15.0 Å². The topological polar surface area (TPSA) is 69.6 Å². The molecule has 0 heterocycles. The van der Waals surface area contributed by atoms with Crippen molar-refractivity contribution in [1.29, 1.82) is 0 Å². The second-order valence-electron chi connectivity index (χ2n) is 4.71. The van der Waals surface area contributed by atoms with Crippen LogP contribution in [-0.4, -0.2) is 29.3 Å². The van der Waals surface area contributed by atoms with Crippen molar-refractivity contribution in [1.82, 2.24) is 5.32 Å². The zero-order valence-electron chi connectivity index (χ0n) is 11.2. The molecule has 3 N–H and O–H groups in total. The fourth-order valence-electron chi connectivity index (χ4n) is 1.80. The number of aliphatic hydroxyl groups is 1. The fraction of sp³-hybridized carbons (Fsp3) is 0.500. The molecule has 4 nitrogen and oxygen atoms in total. The first-order valence-electron chi connectivity index (χ1n) is 6.35. The maximum atomic E-state index is 12.0. The van der Waals surface area contributed by atoms with E-state index in [9.17, 15) is 15.0 Å². The Morgan fingerprint density at radius 3 is 2.47 bits per heavy atom. The number of carbonyl (C=O) groups is 1. The highest BCUT2D eigenvalue weighted by Gasteiger charge is 2.26. The average Bonchev–Trinajstić information content (AvgIpc) is 2.43. The van der Waals surface area contributed by atoms with Crippen LogP contribution >= 0.6 is 15.9 Å². The first-order valence-corrected chi connectivity index (χ1v) is 7.15. The number of aliphatic hydroxyl groups excluding tert-OH is 1. The van der Waals surface area contributed by atoms with Gasteiger partial charge in [-0.25, -0.2) is 0 Å². The van der Waals surface area contributed by atoms with E-state index < -0.39 is 0 Å². The molecule has 0 bridgehead atoms. The lowest BCUT2D eigenvalue weighted by Crippen LogP contribution is -2.39. The number of nitrogens with one attached hydrogen (secondary N) is 1. The third-order valence-electron chi connectivity index (χ3n) is 3.67. The molecule has 0 aromatic heterocycles. The molecule has 0 spiro atoms. The summed E-state index contributed by atoms with van der Waals surface area (Å²) in [5.74, 6) is -0.213. The molecule has 0 fully saturated rings. The fourth-order valence-corrected chi connectivity index (χ4v) is 2.05. The second kappa shape index (κ2) is 6.91. The van der Waals surface area contributed by atoms with E-state index in [1.807, 2.05) is 13.8 Å². The molecule has 1 aromatic carbocycles. The van der Waals surface area contributed by atoms with Crippen LogP contribution in [0.15, 0.2) is 22.7 Å². The molecule has 1 amide bonds. The number of carbonyl (C=O) groups excluding carboxylic acids is 1. The van der Waals surface area contributed by atoms with Crippen LogP contribution in [0, 0.1) is 5.41 Å². The Kier molecular flexibility index (Phi) is 5.82. The highest BCUT2D eigenvalue weighted by atomic mass is 79.9. The van der Waals surface area contributed by atoms with E-state index in [-0.39, 0.29) is 23.7 Å². The summed E-state index contributed by atoms with van der Waals surface area (Å²) in [6.07, 6.45) is 1.59. The number of phenolic OH excluding ortho intramolecular Hbond substituents is 1. The van der Waals surface area contributed by atoms with E-state index in [4.69, 9.17) is 0 Å². The van der Waals surface area contributed by atoms with Crippen molar-refractivity contribution in [2.24, 2.45) is 5.41 Å². The summed E-state index contributed by atoms with van der Waals surface area (Å²) in [6.45, 7) is 4.46. The summed E-state index contributed by atoms with van der Waals surface area (Å²) in [5, 5.41) is 21.8. The van der Waals surface area contributed by atoms with Gasteiger partial charge in [-0.15, -0.1) is 0 Å². The minimum Gasteiger partial charge on any atom is -0.507 e. The van der Waals surface area contributed by atoms with Gasteiger partial charge in [-0.1, -0.05) is 13.8 Å². The van der Waals surface area contributed by atoms with Crippen molar-refractivity contribution in [3.63, 3.8) is 0 Å². The van der Waals surface area contributed by atoms with Crippen molar-refractivity contribution >= 4 is 21.8 Å². The smallest absolute Gasteiger partial charge is 0.251 e. The Labute approximate surface area is 122 Å². The lowest BCUT2D eigenvalue weighted by Gasteiger charge is -2.29. The lowest BCUT2D eigenvalue weighted by atomic mass is 9.83. The zero-order valence-corrected chi connectivity index (χ0v) is 12.8. The van der Waals surface area contributed by atoms with Crippen LogP contribution in [0.5, 0.6) is 5.75 Å². The summed E-state index contributed by atoms with van der Waals surface area (Å²) in [7, 11) is 0. The first-order chi connectivity index (χ1) is 8.98. The van der Waals surface area contributed by atoms with E-state index >= 15 is 0 Å². The predicted octanol–water partition coefficient (Wildman–Crippen LogP) is 2.68. The molecule has 0 radical (unpaired) electrons. The Balaban J connectivity index is 2.72. The second-order valence-corrected chi connectivity index (χ2v) is 5.57. The van der Waals surface area contributed by atoms with Crippen LogP contribution in [0.2, 0.25) is 0 Å². The summed E-state index contributed by atoms with van der Waals surface area (Å²) >= 11 is 3.17. The molecule has 5 heteroatoms. The third-order valence-corrected chi connectivity index (χ3v) is 4.34. The number of phenols is 1. The Morgan fingerprint density at radius 1 is 1.37 bits per heavy atom. The normalized spacial score (nSPS) is 11.4. The van der Waals surface area contributed by atoms with Gasteiger partial charge in [0.25, 0.3) is 5.91 Å². The van der Waals surface area contributed by atoms with E-state index in [1.165, 1.54) is 6.07 Å². The number of hydrogen-bond donors (Lipinski definition) is 3. The van der Waals surface area contributed by atoms with Crippen molar-refractivity contribution in [2.45, 2.75) is 26.7 Å². The summed E-state index contributed by atoms with van der Waals surface area (Å²) in [6, 6.07) is 4.68. The molecular weight excluding hydrogens is 310 g/mol. The summed E-state index contributed by atoms with van der Waals surface area (Å²) in [5.41, 5.74) is 0.132. The molecule has 106 valence electrons. The van der Waals surface area contributed by atoms with Gasteiger partial charge in [0.15, 0.2) is 0 Å². The zero-order chi connectivity index (χ0) is 14.5. The van der Waals surface area contributed by atoms with Crippen LogP contribution in [0.3, 0.4) is 0 Å². The number of hydrogen-bond acceptors (Lipinski definition) is 3. The Morgan fingerprint density at radius 2 is 2.00 bits per heavy atom. The monoisotopic (exact) mass is 329 g/mol. The number of rotatable bonds is 6. The predicted molar refractivity (Wildman–Crippen MR) is 78.2 cm³/mol. The Bertz CT molecular complexity index is 436. The molecule has 0 saturated carbocycles. The summed E-state index contributed by atoms with van der Waals surface area (Å²) in [4.78, 5) is 12.0. The van der Waals surface area contributed by atoms with Gasteiger partial charge >= 0.3 is 0 Å². The maximum Gasteiger partial charge on any atom is 0.251 e. The minimum absolute atomic E-state index is 0.0343. The SMILES string of the molecule is CCC(CC)(CO)CNC(=O)c1ccc(Br)c(O)c1.